The fourth-order valence-corrected chi connectivity index (χ4v) is 1.09. The molecule has 0 bridgehead atoms. The molecule has 4 N–H and O–H groups in total. The molecule has 0 aromatic heterocycles. The standard InChI is InChI=1S/C10H15N3O/c1-7-3-4-8(11)9(5-7)13-6-10(14)12-2/h3-5,13H,6,11H2,1-2H3,(H,12,14). The summed E-state index contributed by atoms with van der Waals surface area (Å²) in [7, 11) is 1.60. The Hall–Kier alpha value is -1.71. The molecule has 76 valence electrons. The molecule has 0 aliphatic heterocycles. The molecule has 1 aromatic carbocycles. The minimum absolute atomic E-state index is 0.0640. The molecule has 0 unspecified atom stereocenters. The first-order valence-electron chi connectivity index (χ1n) is 4.44. The monoisotopic (exact) mass is 193 g/mol. The van der Waals surface area contributed by atoms with Gasteiger partial charge in [-0.3, -0.25) is 4.79 Å². The van der Waals surface area contributed by atoms with Gasteiger partial charge in [-0.05, 0) is 24.6 Å². The molecule has 0 atom stereocenters. The first-order valence-corrected chi connectivity index (χ1v) is 4.44. The first-order chi connectivity index (χ1) is 6.63. The third-order valence-electron chi connectivity index (χ3n) is 1.93. The summed E-state index contributed by atoms with van der Waals surface area (Å²) in [5.41, 5.74) is 8.28. The van der Waals surface area contributed by atoms with Crippen molar-refractivity contribution in [3.05, 3.63) is 23.8 Å². The predicted octanol–water partition coefficient (Wildman–Crippen LogP) is 0.735. The van der Waals surface area contributed by atoms with E-state index in [1.165, 1.54) is 0 Å². The number of likely N-dealkylation sites (N-methyl/N-ethyl adjacent to an activating group) is 1. The minimum Gasteiger partial charge on any atom is -0.397 e. The average molecular weight is 193 g/mol. The minimum atomic E-state index is -0.0640. The molecule has 1 rings (SSSR count). The van der Waals surface area contributed by atoms with E-state index in [0.717, 1.165) is 11.3 Å². The van der Waals surface area contributed by atoms with Crippen LogP contribution in [0.15, 0.2) is 18.2 Å². The van der Waals surface area contributed by atoms with Gasteiger partial charge in [0, 0.05) is 7.05 Å². The molecule has 0 aliphatic carbocycles. The highest BCUT2D eigenvalue weighted by Gasteiger charge is 2.01. The van der Waals surface area contributed by atoms with Gasteiger partial charge in [0.2, 0.25) is 5.91 Å². The van der Waals surface area contributed by atoms with Gasteiger partial charge >= 0.3 is 0 Å². The van der Waals surface area contributed by atoms with Crippen LogP contribution in [0.1, 0.15) is 5.56 Å². The summed E-state index contributed by atoms with van der Waals surface area (Å²) in [5, 5.41) is 5.49. The van der Waals surface area contributed by atoms with E-state index in [0.29, 0.717) is 5.69 Å². The number of carbonyl (C=O) groups is 1. The van der Waals surface area contributed by atoms with Gasteiger partial charge in [0.05, 0.1) is 17.9 Å². The lowest BCUT2D eigenvalue weighted by atomic mass is 10.2. The maximum absolute atomic E-state index is 11.0. The molecular weight excluding hydrogens is 178 g/mol. The van der Waals surface area contributed by atoms with Crippen LogP contribution in [0.5, 0.6) is 0 Å². The Morgan fingerprint density at radius 2 is 2.21 bits per heavy atom. The zero-order chi connectivity index (χ0) is 10.6. The zero-order valence-electron chi connectivity index (χ0n) is 8.42. The average Bonchev–Trinajstić information content (AvgIpc) is 2.19. The normalized spacial score (nSPS) is 9.57. The topological polar surface area (TPSA) is 67.2 Å². The van der Waals surface area contributed by atoms with E-state index in [9.17, 15) is 4.79 Å². The maximum Gasteiger partial charge on any atom is 0.239 e. The fraction of sp³-hybridized carbons (Fsp3) is 0.300. The van der Waals surface area contributed by atoms with E-state index in [-0.39, 0.29) is 12.5 Å². The Balaban J connectivity index is 2.66. The molecule has 1 amide bonds. The zero-order valence-corrected chi connectivity index (χ0v) is 8.42. The second-order valence-electron chi connectivity index (χ2n) is 3.12. The van der Waals surface area contributed by atoms with Crippen molar-refractivity contribution >= 4 is 17.3 Å². The molecule has 0 aliphatic rings. The van der Waals surface area contributed by atoms with Crippen LogP contribution in [0.25, 0.3) is 0 Å². The number of amides is 1. The molecular formula is C10H15N3O. The SMILES string of the molecule is CNC(=O)CNc1cc(C)ccc1N. The Labute approximate surface area is 83.5 Å². The lowest BCUT2D eigenvalue weighted by Gasteiger charge is -2.09. The van der Waals surface area contributed by atoms with Gasteiger partial charge in [0.15, 0.2) is 0 Å². The van der Waals surface area contributed by atoms with Crippen molar-refractivity contribution in [2.75, 3.05) is 24.6 Å². The summed E-state index contributed by atoms with van der Waals surface area (Å²) in [5.74, 6) is -0.0640. The number of aryl methyl sites for hydroxylation is 1. The van der Waals surface area contributed by atoms with Gasteiger partial charge in [0.1, 0.15) is 0 Å². The Morgan fingerprint density at radius 3 is 2.86 bits per heavy atom. The van der Waals surface area contributed by atoms with Gasteiger partial charge in [-0.25, -0.2) is 0 Å². The summed E-state index contributed by atoms with van der Waals surface area (Å²) in [6.07, 6.45) is 0. The van der Waals surface area contributed by atoms with E-state index < -0.39 is 0 Å². The molecule has 0 fully saturated rings. The number of hydrogen-bond donors (Lipinski definition) is 3. The third-order valence-corrected chi connectivity index (χ3v) is 1.93. The van der Waals surface area contributed by atoms with Crippen molar-refractivity contribution in [3.63, 3.8) is 0 Å². The van der Waals surface area contributed by atoms with Crippen molar-refractivity contribution in [1.82, 2.24) is 5.32 Å². The molecule has 0 radical (unpaired) electrons. The number of anilines is 2. The maximum atomic E-state index is 11.0. The number of rotatable bonds is 3. The van der Waals surface area contributed by atoms with Crippen LogP contribution in [0.4, 0.5) is 11.4 Å². The quantitative estimate of drug-likeness (QED) is 0.620. The lowest BCUT2D eigenvalue weighted by Crippen LogP contribution is -2.26. The number of hydrogen-bond acceptors (Lipinski definition) is 3. The highest BCUT2D eigenvalue weighted by Crippen LogP contribution is 2.18. The highest BCUT2D eigenvalue weighted by atomic mass is 16.1. The second kappa shape index (κ2) is 4.50. The number of nitrogens with two attached hydrogens (primary N) is 1. The van der Waals surface area contributed by atoms with Crippen molar-refractivity contribution in [2.45, 2.75) is 6.92 Å². The smallest absolute Gasteiger partial charge is 0.239 e. The van der Waals surface area contributed by atoms with E-state index in [1.54, 1.807) is 7.05 Å². The first kappa shape index (κ1) is 10.4. The van der Waals surface area contributed by atoms with Gasteiger partial charge in [0.25, 0.3) is 0 Å². The molecule has 0 spiro atoms. The van der Waals surface area contributed by atoms with Crippen LogP contribution in [0, 0.1) is 6.92 Å². The molecule has 0 saturated carbocycles. The van der Waals surface area contributed by atoms with Crippen LogP contribution >= 0.6 is 0 Å². The molecule has 0 saturated heterocycles. The Bertz CT molecular complexity index is 336. The molecule has 0 heterocycles. The molecule has 4 heteroatoms. The van der Waals surface area contributed by atoms with Crippen molar-refractivity contribution in [2.24, 2.45) is 0 Å². The van der Waals surface area contributed by atoms with Gasteiger partial charge in [-0.2, -0.15) is 0 Å². The van der Waals surface area contributed by atoms with Crippen LogP contribution in [0.3, 0.4) is 0 Å². The van der Waals surface area contributed by atoms with Crippen LogP contribution in [-0.2, 0) is 4.79 Å². The molecule has 1 aromatic rings. The van der Waals surface area contributed by atoms with Crippen molar-refractivity contribution < 1.29 is 4.79 Å². The van der Waals surface area contributed by atoms with Gasteiger partial charge in [-0.1, -0.05) is 6.07 Å². The van der Waals surface area contributed by atoms with E-state index in [1.807, 2.05) is 25.1 Å². The van der Waals surface area contributed by atoms with Gasteiger partial charge < -0.3 is 16.4 Å². The third kappa shape index (κ3) is 2.65. The van der Waals surface area contributed by atoms with E-state index in [4.69, 9.17) is 5.73 Å². The van der Waals surface area contributed by atoms with Crippen molar-refractivity contribution in [1.29, 1.82) is 0 Å². The number of nitrogens with one attached hydrogen (secondary N) is 2. The summed E-state index contributed by atoms with van der Waals surface area (Å²) in [6, 6.07) is 5.67. The van der Waals surface area contributed by atoms with Crippen molar-refractivity contribution in [3.8, 4) is 0 Å². The second-order valence-corrected chi connectivity index (χ2v) is 3.12. The summed E-state index contributed by atoms with van der Waals surface area (Å²) in [4.78, 5) is 11.0. The number of nitrogen functional groups attached to an aromatic ring is 1. The lowest BCUT2D eigenvalue weighted by molar-refractivity contribution is -0.118. The van der Waals surface area contributed by atoms with Crippen LogP contribution < -0.4 is 16.4 Å². The number of benzene rings is 1. The highest BCUT2D eigenvalue weighted by molar-refractivity contribution is 5.82. The van der Waals surface area contributed by atoms with Crippen LogP contribution in [-0.4, -0.2) is 19.5 Å². The van der Waals surface area contributed by atoms with Gasteiger partial charge in [-0.15, -0.1) is 0 Å². The Kier molecular flexibility index (Phi) is 3.34. The largest absolute Gasteiger partial charge is 0.397 e. The molecule has 14 heavy (non-hydrogen) atoms. The Morgan fingerprint density at radius 1 is 1.50 bits per heavy atom. The van der Waals surface area contributed by atoms with Crippen LogP contribution in [0.2, 0.25) is 0 Å². The number of carbonyl (C=O) groups excluding carboxylic acids is 1. The fourth-order valence-electron chi connectivity index (χ4n) is 1.09. The predicted molar refractivity (Wildman–Crippen MR) is 58.1 cm³/mol. The molecule has 4 nitrogen and oxygen atoms in total. The summed E-state index contributed by atoms with van der Waals surface area (Å²) in [6.45, 7) is 2.22. The van der Waals surface area contributed by atoms with E-state index in [2.05, 4.69) is 10.6 Å². The summed E-state index contributed by atoms with van der Waals surface area (Å²) >= 11 is 0. The van der Waals surface area contributed by atoms with E-state index >= 15 is 0 Å². The summed E-state index contributed by atoms with van der Waals surface area (Å²) < 4.78 is 0.